The molecular formula is C20H23BrP2. The van der Waals surface area contributed by atoms with Crippen LogP contribution in [0.1, 0.15) is 6.92 Å². The van der Waals surface area contributed by atoms with Crippen LogP contribution in [0.3, 0.4) is 0 Å². The standard InChI is InChI=1S/C20H22P2.BrH/c1-2-22(21,18-12-6-3-7-13-18,19-14-8-4-9-15-19)20-16-10-5-11-17-20;/h3-17H,2,21H2,1H3;1H. The molecule has 0 saturated carbocycles. The van der Waals surface area contributed by atoms with Crippen LogP contribution in [-0.4, -0.2) is 6.16 Å². The maximum absolute atomic E-state index is 3.32. The van der Waals surface area contributed by atoms with Gasteiger partial charge in [0.25, 0.3) is 0 Å². The Bertz CT molecular complexity index is 643. The zero-order chi connectivity index (χ0) is 15.5. The third-order valence-corrected chi connectivity index (χ3v) is 14.2. The fraction of sp³-hybridized carbons (Fsp3) is 0.100. The fourth-order valence-electron chi connectivity index (χ4n) is 3.30. The van der Waals surface area contributed by atoms with Gasteiger partial charge in [0.2, 0.25) is 0 Å². The second-order valence-electron chi connectivity index (χ2n) is 5.70. The molecule has 0 aliphatic heterocycles. The molecule has 3 heteroatoms. The Morgan fingerprint density at radius 3 is 1.09 bits per heavy atom. The Kier molecular flexibility index (Phi) is 5.79. The summed E-state index contributed by atoms with van der Waals surface area (Å²) in [4.78, 5) is 0. The second-order valence-corrected chi connectivity index (χ2v) is 14.1. The summed E-state index contributed by atoms with van der Waals surface area (Å²) in [6, 6.07) is 32.9. The Hall–Kier alpha value is -1.00. The molecule has 0 bridgehead atoms. The van der Waals surface area contributed by atoms with E-state index in [0.29, 0.717) is 0 Å². The summed E-state index contributed by atoms with van der Waals surface area (Å²) in [5.74, 6) is 0. The van der Waals surface area contributed by atoms with Gasteiger partial charge in [0, 0.05) is 0 Å². The first-order valence-electron chi connectivity index (χ1n) is 7.68. The Morgan fingerprint density at radius 2 is 0.870 bits per heavy atom. The van der Waals surface area contributed by atoms with Crippen molar-refractivity contribution in [3.8, 4) is 0 Å². The molecule has 3 aromatic carbocycles. The van der Waals surface area contributed by atoms with Crippen molar-refractivity contribution in [2.45, 2.75) is 6.92 Å². The Morgan fingerprint density at radius 1 is 0.609 bits per heavy atom. The fourth-order valence-corrected chi connectivity index (χ4v) is 9.40. The van der Waals surface area contributed by atoms with E-state index in [1.807, 2.05) is 0 Å². The topological polar surface area (TPSA) is 0 Å². The summed E-state index contributed by atoms with van der Waals surface area (Å²) >= 11 is 0. The van der Waals surface area contributed by atoms with E-state index in [9.17, 15) is 0 Å². The van der Waals surface area contributed by atoms with Crippen LogP contribution >= 0.6 is 32.2 Å². The van der Waals surface area contributed by atoms with E-state index >= 15 is 0 Å². The summed E-state index contributed by atoms with van der Waals surface area (Å²) < 4.78 is 0. The monoisotopic (exact) mass is 404 g/mol. The van der Waals surface area contributed by atoms with Crippen molar-refractivity contribution in [3.05, 3.63) is 91.0 Å². The van der Waals surface area contributed by atoms with Gasteiger partial charge in [0.15, 0.2) is 0 Å². The molecule has 0 aliphatic rings. The van der Waals surface area contributed by atoms with Gasteiger partial charge < -0.3 is 0 Å². The molecule has 0 radical (unpaired) electrons. The molecule has 0 fully saturated rings. The van der Waals surface area contributed by atoms with Crippen molar-refractivity contribution in [1.29, 1.82) is 0 Å². The molecule has 0 aromatic heterocycles. The van der Waals surface area contributed by atoms with Crippen LogP contribution in [-0.2, 0) is 0 Å². The molecular weight excluding hydrogens is 382 g/mol. The predicted molar refractivity (Wildman–Crippen MR) is 116 cm³/mol. The van der Waals surface area contributed by atoms with Crippen LogP contribution in [0.25, 0.3) is 0 Å². The summed E-state index contributed by atoms with van der Waals surface area (Å²) in [6.45, 7) is 2.32. The van der Waals surface area contributed by atoms with Gasteiger partial charge in [-0.1, -0.05) is 0 Å². The van der Waals surface area contributed by atoms with E-state index in [2.05, 4.69) is 107 Å². The van der Waals surface area contributed by atoms with E-state index in [1.54, 1.807) is 0 Å². The molecule has 0 saturated heterocycles. The molecule has 23 heavy (non-hydrogen) atoms. The first-order chi connectivity index (χ1) is 10.7. The number of halogens is 1. The van der Waals surface area contributed by atoms with Crippen LogP contribution in [0.2, 0.25) is 0 Å². The van der Waals surface area contributed by atoms with Crippen molar-refractivity contribution in [2.75, 3.05) is 6.16 Å². The van der Waals surface area contributed by atoms with Crippen molar-refractivity contribution < 1.29 is 0 Å². The van der Waals surface area contributed by atoms with Gasteiger partial charge in [-0.2, -0.15) is 0 Å². The molecule has 120 valence electrons. The molecule has 0 N–H and O–H groups in total. The van der Waals surface area contributed by atoms with E-state index in [0.717, 1.165) is 6.16 Å². The summed E-state index contributed by atoms with van der Waals surface area (Å²) in [6.07, 6.45) is -1.39. The van der Waals surface area contributed by atoms with E-state index in [1.165, 1.54) is 15.9 Å². The van der Waals surface area contributed by atoms with Crippen molar-refractivity contribution in [3.63, 3.8) is 0 Å². The number of rotatable bonds is 4. The van der Waals surface area contributed by atoms with Gasteiger partial charge in [-0.05, 0) is 0 Å². The first-order valence-corrected chi connectivity index (χ1v) is 11.7. The molecule has 0 spiro atoms. The van der Waals surface area contributed by atoms with Crippen LogP contribution in [0.15, 0.2) is 91.0 Å². The minimum absolute atomic E-state index is 0. The van der Waals surface area contributed by atoms with Crippen LogP contribution in [0.4, 0.5) is 0 Å². The van der Waals surface area contributed by atoms with Crippen molar-refractivity contribution in [1.82, 2.24) is 0 Å². The number of hydrogen-bond acceptors (Lipinski definition) is 0. The predicted octanol–water partition coefficient (Wildman–Crippen LogP) is 4.90. The van der Waals surface area contributed by atoms with Gasteiger partial charge in [-0.3, -0.25) is 0 Å². The molecule has 0 heterocycles. The van der Waals surface area contributed by atoms with E-state index in [4.69, 9.17) is 0 Å². The van der Waals surface area contributed by atoms with E-state index in [-0.39, 0.29) is 17.0 Å². The number of hydrogen-bond donors (Lipinski definition) is 0. The molecule has 0 aliphatic carbocycles. The quantitative estimate of drug-likeness (QED) is 0.542. The van der Waals surface area contributed by atoms with E-state index < -0.39 is 6.29 Å². The van der Waals surface area contributed by atoms with Gasteiger partial charge in [0.1, 0.15) is 0 Å². The zero-order valence-electron chi connectivity index (χ0n) is 13.3. The van der Waals surface area contributed by atoms with Crippen LogP contribution in [0.5, 0.6) is 0 Å². The minimum atomic E-state index is -2.48. The molecule has 0 amide bonds. The second kappa shape index (κ2) is 7.27. The van der Waals surface area contributed by atoms with Crippen LogP contribution < -0.4 is 15.9 Å². The molecule has 1 unspecified atom stereocenters. The van der Waals surface area contributed by atoms with Crippen LogP contribution in [0, 0.1) is 0 Å². The summed E-state index contributed by atoms with van der Waals surface area (Å²) in [5.41, 5.74) is 0. The van der Waals surface area contributed by atoms with Crippen molar-refractivity contribution >= 4 is 48.1 Å². The van der Waals surface area contributed by atoms with Gasteiger partial charge in [-0.15, -0.1) is 17.0 Å². The summed E-state index contributed by atoms with van der Waals surface area (Å²) in [5, 5.41) is 4.29. The maximum atomic E-state index is 3.32. The molecule has 3 rings (SSSR count). The first kappa shape index (κ1) is 18.3. The Balaban J connectivity index is 0.00000192. The third kappa shape index (κ3) is 2.91. The van der Waals surface area contributed by atoms with Crippen molar-refractivity contribution in [2.24, 2.45) is 0 Å². The average molecular weight is 405 g/mol. The van der Waals surface area contributed by atoms with Gasteiger partial charge in [-0.25, -0.2) is 0 Å². The molecule has 0 nitrogen and oxygen atoms in total. The zero-order valence-corrected chi connectivity index (χ0v) is 17.1. The van der Waals surface area contributed by atoms with Gasteiger partial charge >= 0.3 is 135 Å². The Labute approximate surface area is 152 Å². The van der Waals surface area contributed by atoms with Gasteiger partial charge in [0.05, 0.1) is 0 Å². The number of benzene rings is 3. The average Bonchev–Trinajstić information content (AvgIpc) is 2.63. The molecule has 1 atom stereocenters. The summed E-state index contributed by atoms with van der Waals surface area (Å²) in [7, 11) is 3.32. The third-order valence-electron chi connectivity index (χ3n) is 4.70. The normalized spacial score (nSPS) is 12.7. The molecule has 3 aromatic rings. The SMILES string of the molecule is Br.CCP(P)(c1ccccc1)(c1ccccc1)c1ccccc1.